The van der Waals surface area contributed by atoms with E-state index in [9.17, 15) is 9.59 Å². The third kappa shape index (κ3) is 6.75. The Kier molecular flexibility index (Phi) is 6.78. The second-order valence-electron chi connectivity index (χ2n) is 5.99. The van der Waals surface area contributed by atoms with Crippen LogP contribution >= 0.6 is 0 Å². The van der Waals surface area contributed by atoms with Crippen LogP contribution < -0.4 is 5.32 Å². The van der Waals surface area contributed by atoms with Crippen molar-refractivity contribution >= 4 is 12.0 Å². The smallest absolute Gasteiger partial charge is 0.317 e. The molecule has 0 spiro atoms. The zero-order chi connectivity index (χ0) is 15.0. The average Bonchev–Trinajstić information content (AvgIpc) is 2.65. The van der Waals surface area contributed by atoms with Gasteiger partial charge >= 0.3 is 12.0 Å². The zero-order valence-corrected chi connectivity index (χ0v) is 12.5. The fraction of sp³-hybridized carbons (Fsp3) is 0.857. The molecule has 1 fully saturated rings. The Labute approximate surface area is 120 Å². The minimum atomic E-state index is -0.772. The molecule has 0 atom stereocenters. The highest BCUT2D eigenvalue weighted by atomic mass is 16.5. The Hall–Kier alpha value is -1.30. The first-order valence-corrected chi connectivity index (χ1v) is 7.23. The Morgan fingerprint density at radius 1 is 1.25 bits per heavy atom. The fourth-order valence-corrected chi connectivity index (χ4v) is 2.14. The van der Waals surface area contributed by atoms with Crippen molar-refractivity contribution in [3.8, 4) is 0 Å². The summed E-state index contributed by atoms with van der Waals surface area (Å²) in [4.78, 5) is 24.3. The van der Waals surface area contributed by atoms with Crippen LogP contribution in [0.15, 0.2) is 0 Å². The molecule has 0 aromatic carbocycles. The van der Waals surface area contributed by atoms with Crippen molar-refractivity contribution in [2.24, 2.45) is 5.41 Å². The molecule has 116 valence electrons. The van der Waals surface area contributed by atoms with Gasteiger partial charge in [0.1, 0.15) is 0 Å². The molecule has 2 amide bonds. The maximum absolute atomic E-state index is 12.0. The average molecular weight is 286 g/mol. The molecule has 0 aromatic rings. The van der Waals surface area contributed by atoms with E-state index in [1.807, 2.05) is 13.8 Å². The monoisotopic (exact) mass is 286 g/mol. The topological polar surface area (TPSA) is 78.9 Å². The van der Waals surface area contributed by atoms with Gasteiger partial charge in [0, 0.05) is 32.7 Å². The lowest BCUT2D eigenvalue weighted by molar-refractivity contribution is -0.137. The Morgan fingerprint density at radius 3 is 2.70 bits per heavy atom. The minimum absolute atomic E-state index is 0.0514. The van der Waals surface area contributed by atoms with E-state index >= 15 is 0 Å². The largest absolute Gasteiger partial charge is 0.481 e. The predicted octanol–water partition coefficient (Wildman–Crippen LogP) is 1.70. The number of hydrogen-bond donors (Lipinski definition) is 2. The lowest BCUT2D eigenvalue weighted by atomic mass is 9.84. The van der Waals surface area contributed by atoms with Crippen LogP contribution in [0, 0.1) is 5.41 Å². The van der Waals surface area contributed by atoms with Crippen LogP contribution in [-0.4, -0.2) is 54.9 Å². The van der Waals surface area contributed by atoms with Gasteiger partial charge in [-0.15, -0.1) is 0 Å². The van der Waals surface area contributed by atoms with Crippen LogP contribution in [0.4, 0.5) is 4.79 Å². The van der Waals surface area contributed by atoms with E-state index in [-0.39, 0.29) is 17.9 Å². The van der Waals surface area contributed by atoms with Gasteiger partial charge < -0.3 is 20.1 Å². The maximum Gasteiger partial charge on any atom is 0.317 e. The summed E-state index contributed by atoms with van der Waals surface area (Å²) in [6.07, 6.45) is 2.44. The second kappa shape index (κ2) is 8.09. The maximum atomic E-state index is 12.0. The molecule has 1 heterocycles. The molecule has 1 aliphatic rings. The molecule has 6 heteroatoms. The van der Waals surface area contributed by atoms with Crippen molar-refractivity contribution in [1.82, 2.24) is 10.2 Å². The molecule has 1 aliphatic heterocycles. The quantitative estimate of drug-likeness (QED) is 0.779. The van der Waals surface area contributed by atoms with E-state index in [0.29, 0.717) is 32.7 Å². The third-order valence-corrected chi connectivity index (χ3v) is 3.60. The number of rotatable bonds is 6. The highest BCUT2D eigenvalue weighted by molar-refractivity contribution is 5.74. The number of nitrogens with one attached hydrogen (secondary N) is 1. The van der Waals surface area contributed by atoms with Crippen LogP contribution in [0.3, 0.4) is 0 Å². The van der Waals surface area contributed by atoms with Gasteiger partial charge in [-0.3, -0.25) is 4.79 Å². The first-order valence-electron chi connectivity index (χ1n) is 7.23. The van der Waals surface area contributed by atoms with Crippen LogP contribution in [0.25, 0.3) is 0 Å². The predicted molar refractivity (Wildman–Crippen MR) is 75.7 cm³/mol. The van der Waals surface area contributed by atoms with E-state index in [1.165, 1.54) is 0 Å². The number of carbonyl (C=O) groups excluding carboxylic acids is 1. The number of aliphatic carboxylic acids is 1. The van der Waals surface area contributed by atoms with Crippen LogP contribution in [0.2, 0.25) is 0 Å². The van der Waals surface area contributed by atoms with Crippen molar-refractivity contribution in [2.75, 3.05) is 32.8 Å². The summed E-state index contributed by atoms with van der Waals surface area (Å²) in [7, 11) is 0. The third-order valence-electron chi connectivity index (χ3n) is 3.60. The molecule has 1 saturated heterocycles. The molecule has 1 rings (SSSR count). The number of ether oxygens (including phenoxy) is 1. The van der Waals surface area contributed by atoms with E-state index in [2.05, 4.69) is 5.32 Å². The summed E-state index contributed by atoms with van der Waals surface area (Å²) >= 11 is 0. The number of urea groups is 1. The highest BCUT2D eigenvalue weighted by Crippen LogP contribution is 2.25. The molecule has 0 unspecified atom stereocenters. The summed E-state index contributed by atoms with van der Waals surface area (Å²) in [5.74, 6) is -0.772. The standard InChI is InChI=1S/C14H26N2O4/c1-14(2,5-4-12(17)18)6-7-15-13(19)16-8-3-10-20-11-9-16/h3-11H2,1-2H3,(H,15,19)(H,17,18). The number of hydrogen-bond acceptors (Lipinski definition) is 3. The first-order chi connectivity index (χ1) is 9.41. The second-order valence-corrected chi connectivity index (χ2v) is 5.99. The van der Waals surface area contributed by atoms with Gasteiger partial charge in [-0.05, 0) is 24.7 Å². The van der Waals surface area contributed by atoms with Crippen LogP contribution in [0.1, 0.15) is 39.5 Å². The number of amides is 2. The summed E-state index contributed by atoms with van der Waals surface area (Å²) in [6, 6.07) is -0.0514. The minimum Gasteiger partial charge on any atom is -0.481 e. The van der Waals surface area contributed by atoms with Crippen molar-refractivity contribution in [2.45, 2.75) is 39.5 Å². The summed E-state index contributed by atoms with van der Waals surface area (Å²) in [5, 5.41) is 11.6. The zero-order valence-electron chi connectivity index (χ0n) is 12.5. The van der Waals surface area contributed by atoms with E-state index in [0.717, 1.165) is 19.4 Å². The van der Waals surface area contributed by atoms with Gasteiger partial charge in [-0.25, -0.2) is 4.79 Å². The van der Waals surface area contributed by atoms with Crippen LogP contribution in [0.5, 0.6) is 0 Å². The van der Waals surface area contributed by atoms with Crippen molar-refractivity contribution < 1.29 is 19.4 Å². The van der Waals surface area contributed by atoms with E-state index in [4.69, 9.17) is 9.84 Å². The highest BCUT2D eigenvalue weighted by Gasteiger charge is 2.20. The molecular weight excluding hydrogens is 260 g/mol. The number of nitrogens with zero attached hydrogens (tertiary/aromatic N) is 1. The van der Waals surface area contributed by atoms with Gasteiger partial charge in [0.2, 0.25) is 0 Å². The Bertz CT molecular complexity index is 323. The molecule has 0 aromatic heterocycles. The molecule has 6 nitrogen and oxygen atoms in total. The van der Waals surface area contributed by atoms with Crippen LogP contribution in [-0.2, 0) is 9.53 Å². The molecule has 0 saturated carbocycles. The van der Waals surface area contributed by atoms with Gasteiger partial charge in [-0.1, -0.05) is 13.8 Å². The van der Waals surface area contributed by atoms with Gasteiger partial charge in [0.05, 0.1) is 6.61 Å². The summed E-state index contributed by atoms with van der Waals surface area (Å²) < 4.78 is 5.31. The SMILES string of the molecule is CC(C)(CCNC(=O)N1CCCOCC1)CCC(=O)O. The van der Waals surface area contributed by atoms with Gasteiger partial charge in [0.15, 0.2) is 0 Å². The lowest BCUT2D eigenvalue weighted by Crippen LogP contribution is -2.42. The molecule has 0 bridgehead atoms. The van der Waals surface area contributed by atoms with E-state index in [1.54, 1.807) is 4.90 Å². The number of carboxylic acid groups (broad SMARTS) is 1. The van der Waals surface area contributed by atoms with Crippen molar-refractivity contribution in [3.05, 3.63) is 0 Å². The summed E-state index contributed by atoms with van der Waals surface area (Å²) in [6.45, 7) is 7.30. The summed E-state index contributed by atoms with van der Waals surface area (Å²) in [5.41, 5.74) is -0.0758. The first kappa shape index (κ1) is 16.8. The van der Waals surface area contributed by atoms with Crippen molar-refractivity contribution in [1.29, 1.82) is 0 Å². The number of carbonyl (C=O) groups is 2. The lowest BCUT2D eigenvalue weighted by Gasteiger charge is -2.25. The Morgan fingerprint density at radius 2 is 2.00 bits per heavy atom. The van der Waals surface area contributed by atoms with Gasteiger partial charge in [0.25, 0.3) is 0 Å². The molecule has 0 aliphatic carbocycles. The number of carboxylic acids is 1. The fourth-order valence-electron chi connectivity index (χ4n) is 2.14. The van der Waals surface area contributed by atoms with Crippen molar-refractivity contribution in [3.63, 3.8) is 0 Å². The van der Waals surface area contributed by atoms with E-state index < -0.39 is 5.97 Å². The normalized spacial score (nSPS) is 16.6. The molecule has 20 heavy (non-hydrogen) atoms. The molecule has 0 radical (unpaired) electrons. The van der Waals surface area contributed by atoms with Gasteiger partial charge in [-0.2, -0.15) is 0 Å². The molecule has 2 N–H and O–H groups in total. The molecular formula is C14H26N2O4. The Balaban J connectivity index is 2.24.